The van der Waals surface area contributed by atoms with Crippen molar-refractivity contribution >= 4 is 29.1 Å². The minimum Gasteiger partial charge on any atom is -0.496 e. The first-order valence-electron chi connectivity index (χ1n) is 12.0. The maximum Gasteiger partial charge on any atom is 0.302 e. The Morgan fingerprint density at radius 1 is 1.11 bits per heavy atom. The molecule has 1 aliphatic heterocycles. The number of aryl methyl sites for hydroxylation is 1. The third kappa shape index (κ3) is 5.60. The highest BCUT2D eigenvalue weighted by Gasteiger charge is 2.44. The molecule has 0 N–H and O–H groups in total. The van der Waals surface area contributed by atoms with E-state index in [0.29, 0.717) is 0 Å². The van der Waals surface area contributed by atoms with Gasteiger partial charge >= 0.3 is 5.97 Å². The van der Waals surface area contributed by atoms with Crippen LogP contribution in [0.2, 0.25) is 0 Å². The van der Waals surface area contributed by atoms with Crippen molar-refractivity contribution in [3.63, 3.8) is 0 Å². The van der Waals surface area contributed by atoms with Crippen LogP contribution in [-0.4, -0.2) is 36.8 Å². The van der Waals surface area contributed by atoms with Crippen LogP contribution >= 0.6 is 23.1 Å². The largest absolute Gasteiger partial charge is 0.496 e. The molecule has 1 unspecified atom stereocenters. The number of hydrogen-bond acceptors (Lipinski definition) is 6. The van der Waals surface area contributed by atoms with Crippen molar-refractivity contribution < 1.29 is 19.0 Å². The fourth-order valence-corrected chi connectivity index (χ4v) is 6.88. The number of methoxy groups -OCH3 is 1. The molecular formula is C29H34O4S2. The summed E-state index contributed by atoms with van der Waals surface area (Å²) >= 11 is 3.51. The molecular weight excluding hydrogens is 476 g/mol. The molecule has 4 nitrogen and oxygen atoms in total. The molecule has 0 amide bonds. The number of benzene rings is 2. The van der Waals surface area contributed by atoms with Crippen molar-refractivity contribution in [2.75, 3.05) is 13.4 Å². The Morgan fingerprint density at radius 2 is 1.89 bits per heavy atom. The van der Waals surface area contributed by atoms with E-state index in [0.717, 1.165) is 23.3 Å². The number of rotatable bonds is 7. The Bertz CT molecular complexity index is 1170. The number of carbonyl (C=O) groups is 1. The van der Waals surface area contributed by atoms with Gasteiger partial charge in [-0.15, -0.1) is 11.3 Å². The molecule has 0 saturated carbocycles. The van der Waals surface area contributed by atoms with Gasteiger partial charge in [0.2, 0.25) is 0 Å². The molecule has 1 fully saturated rings. The maximum atomic E-state index is 11.8. The van der Waals surface area contributed by atoms with Gasteiger partial charge in [-0.1, -0.05) is 37.3 Å². The zero-order chi connectivity index (χ0) is 25.1. The van der Waals surface area contributed by atoms with E-state index >= 15 is 0 Å². The predicted octanol–water partition coefficient (Wildman–Crippen LogP) is 7.08. The van der Waals surface area contributed by atoms with Gasteiger partial charge in [-0.05, 0) is 61.1 Å². The van der Waals surface area contributed by atoms with Gasteiger partial charge in [0, 0.05) is 34.6 Å². The second-order valence-corrected chi connectivity index (χ2v) is 11.4. The first-order chi connectivity index (χ1) is 16.8. The van der Waals surface area contributed by atoms with Gasteiger partial charge < -0.3 is 14.2 Å². The average molecular weight is 511 g/mol. The molecule has 1 aromatic heterocycles. The van der Waals surface area contributed by atoms with E-state index in [1.165, 1.54) is 27.8 Å². The molecule has 3 aromatic rings. The Labute approximate surface area is 217 Å². The van der Waals surface area contributed by atoms with Crippen molar-refractivity contribution in [1.29, 1.82) is 0 Å². The summed E-state index contributed by atoms with van der Waals surface area (Å²) in [7, 11) is 1.71. The van der Waals surface area contributed by atoms with Gasteiger partial charge in [-0.2, -0.15) is 11.8 Å². The number of thioether (sulfide) groups is 1. The van der Waals surface area contributed by atoms with Crippen LogP contribution in [0.3, 0.4) is 0 Å². The Balaban J connectivity index is 1.61. The van der Waals surface area contributed by atoms with Crippen LogP contribution in [0, 0.1) is 12.8 Å². The lowest BCUT2D eigenvalue weighted by molar-refractivity contribution is -0.168. The third-order valence-electron chi connectivity index (χ3n) is 6.92. The van der Waals surface area contributed by atoms with Crippen LogP contribution < -0.4 is 4.74 Å². The monoisotopic (exact) mass is 510 g/mol. The standard InChI is InChI=1S/C29H34O4S2/c1-17-11-12-21(28-29(34-6)27(33-20(4)30)18(2)19(3)32-28)15-22(17)16-23-13-14-26(35-23)24-9-7-8-10-25(24)31-5/h7-15,18-19,27-29H,16H2,1-6H3/t18-,19-,27+,28?,29-/m1/s1. The van der Waals surface area contributed by atoms with Crippen LogP contribution in [0.5, 0.6) is 5.75 Å². The third-order valence-corrected chi connectivity index (χ3v) is 9.10. The van der Waals surface area contributed by atoms with E-state index in [1.54, 1.807) is 30.2 Å². The summed E-state index contributed by atoms with van der Waals surface area (Å²) in [6.07, 6.45) is 2.61. The molecule has 5 atom stereocenters. The van der Waals surface area contributed by atoms with Crippen LogP contribution in [0.25, 0.3) is 10.4 Å². The van der Waals surface area contributed by atoms with Crippen LogP contribution in [0.15, 0.2) is 54.6 Å². The van der Waals surface area contributed by atoms with Crippen LogP contribution in [0.1, 0.15) is 48.4 Å². The molecule has 6 heteroatoms. The maximum absolute atomic E-state index is 11.8. The van der Waals surface area contributed by atoms with Gasteiger partial charge in [-0.25, -0.2) is 0 Å². The van der Waals surface area contributed by atoms with Crippen molar-refractivity contribution in [2.45, 2.75) is 57.7 Å². The summed E-state index contributed by atoms with van der Waals surface area (Å²) in [6, 6.07) is 19.2. The van der Waals surface area contributed by atoms with Crippen molar-refractivity contribution in [3.05, 3.63) is 76.2 Å². The quantitative estimate of drug-likeness (QED) is 0.318. The second-order valence-electron chi connectivity index (χ2n) is 9.22. The summed E-state index contributed by atoms with van der Waals surface area (Å²) in [4.78, 5) is 14.3. The SMILES string of the molecule is COc1ccccc1-c1ccc(Cc2cc(C3O[C@H](C)[C@@H](C)[C@H](OC(C)=O)[C@H]3SC)ccc2C)s1. The highest BCUT2D eigenvalue weighted by atomic mass is 32.2. The molecule has 35 heavy (non-hydrogen) atoms. The van der Waals surface area contributed by atoms with E-state index in [2.05, 4.69) is 63.4 Å². The summed E-state index contributed by atoms with van der Waals surface area (Å²) < 4.78 is 17.9. The molecule has 2 aromatic carbocycles. The van der Waals surface area contributed by atoms with Crippen molar-refractivity contribution in [3.8, 4) is 16.2 Å². The Morgan fingerprint density at radius 3 is 2.60 bits per heavy atom. The van der Waals surface area contributed by atoms with Gasteiger partial charge in [-0.3, -0.25) is 4.79 Å². The smallest absolute Gasteiger partial charge is 0.302 e. The van der Waals surface area contributed by atoms with E-state index < -0.39 is 0 Å². The van der Waals surface area contributed by atoms with Gasteiger partial charge in [0.05, 0.1) is 24.6 Å². The molecule has 2 heterocycles. The predicted molar refractivity (Wildman–Crippen MR) is 146 cm³/mol. The summed E-state index contributed by atoms with van der Waals surface area (Å²) in [5.41, 5.74) is 4.81. The van der Waals surface area contributed by atoms with E-state index in [-0.39, 0.29) is 35.4 Å². The number of hydrogen-bond donors (Lipinski definition) is 0. The lowest BCUT2D eigenvalue weighted by Crippen LogP contribution is -2.49. The van der Waals surface area contributed by atoms with Crippen molar-refractivity contribution in [2.24, 2.45) is 5.92 Å². The van der Waals surface area contributed by atoms with Crippen LogP contribution in [0.4, 0.5) is 0 Å². The lowest BCUT2D eigenvalue weighted by atomic mass is 9.87. The first-order valence-corrected chi connectivity index (χ1v) is 14.1. The normalized spacial score (nSPS) is 24.2. The van der Waals surface area contributed by atoms with E-state index in [4.69, 9.17) is 14.2 Å². The number of para-hydroxylation sites is 1. The second kappa shape index (κ2) is 11.2. The minimum atomic E-state index is -0.234. The van der Waals surface area contributed by atoms with Crippen molar-refractivity contribution in [1.82, 2.24) is 0 Å². The molecule has 0 radical (unpaired) electrons. The fraction of sp³-hybridized carbons (Fsp3) is 0.414. The summed E-state index contributed by atoms with van der Waals surface area (Å²) in [5, 5.41) is 0.0412. The molecule has 0 aliphatic carbocycles. The van der Waals surface area contributed by atoms with Gasteiger partial charge in [0.15, 0.2) is 0 Å². The zero-order valence-electron chi connectivity index (χ0n) is 21.2. The number of carbonyl (C=O) groups excluding carboxylic acids is 1. The number of thiophene rings is 1. The minimum absolute atomic E-state index is 0.00166. The molecule has 0 bridgehead atoms. The summed E-state index contributed by atoms with van der Waals surface area (Å²) in [5.74, 6) is 0.793. The first kappa shape index (κ1) is 25.8. The van der Waals surface area contributed by atoms with Gasteiger partial charge in [0.25, 0.3) is 0 Å². The molecule has 0 spiro atoms. The Hall–Kier alpha value is -2.28. The number of ether oxygens (including phenoxy) is 3. The zero-order valence-corrected chi connectivity index (χ0v) is 22.9. The molecule has 1 aliphatic rings. The lowest BCUT2D eigenvalue weighted by Gasteiger charge is -2.44. The van der Waals surface area contributed by atoms with E-state index in [1.807, 2.05) is 18.2 Å². The average Bonchev–Trinajstić information content (AvgIpc) is 3.31. The highest BCUT2D eigenvalue weighted by Crippen LogP contribution is 2.43. The molecule has 4 rings (SSSR count). The fourth-order valence-electron chi connectivity index (χ4n) is 4.78. The van der Waals surface area contributed by atoms with Gasteiger partial charge in [0.1, 0.15) is 11.9 Å². The van der Waals surface area contributed by atoms with E-state index in [9.17, 15) is 4.79 Å². The van der Waals surface area contributed by atoms with Crippen LogP contribution in [-0.2, 0) is 20.7 Å². The molecule has 186 valence electrons. The topological polar surface area (TPSA) is 44.8 Å². The summed E-state index contributed by atoms with van der Waals surface area (Å²) in [6.45, 7) is 7.83. The Kier molecular flexibility index (Phi) is 8.25. The number of esters is 1. The highest BCUT2D eigenvalue weighted by molar-refractivity contribution is 7.99. The molecule has 1 saturated heterocycles.